The highest BCUT2D eigenvalue weighted by atomic mass is 16.4. The van der Waals surface area contributed by atoms with Crippen molar-refractivity contribution in [3.8, 4) is 0 Å². The zero-order valence-electron chi connectivity index (χ0n) is 8.68. The molecule has 1 atom stereocenters. The molecule has 0 aliphatic heterocycles. The summed E-state index contributed by atoms with van der Waals surface area (Å²) in [5, 5.41) is 9.24. The lowest BCUT2D eigenvalue weighted by atomic mass is 9.57. The zero-order chi connectivity index (χ0) is 10.3. The minimum absolute atomic E-state index is 0.172. The van der Waals surface area contributed by atoms with E-state index in [0.29, 0.717) is 0 Å². The molecular weight excluding hydrogens is 164 g/mol. The Kier molecular flexibility index (Phi) is 2.27. The molecule has 1 fully saturated rings. The molecule has 0 radical (unpaired) electrons. The molecule has 0 aromatic carbocycles. The highest BCUT2D eigenvalue weighted by Crippen LogP contribution is 2.52. The molecule has 0 aromatic heterocycles. The zero-order valence-corrected chi connectivity index (χ0v) is 8.68. The second kappa shape index (κ2) is 2.86. The van der Waals surface area contributed by atoms with E-state index in [0.717, 1.165) is 24.8 Å². The van der Waals surface area contributed by atoms with Gasteiger partial charge in [0.2, 0.25) is 0 Å². The Morgan fingerprint density at radius 3 is 2.31 bits per heavy atom. The number of hydrogen-bond acceptors (Lipinski definition) is 1. The van der Waals surface area contributed by atoms with Crippen LogP contribution in [0.25, 0.3) is 0 Å². The molecular formula is C11H18O2. The van der Waals surface area contributed by atoms with E-state index in [1.54, 1.807) is 6.92 Å². The fourth-order valence-corrected chi connectivity index (χ4v) is 2.16. The maximum absolute atomic E-state index is 11.2. The van der Waals surface area contributed by atoms with E-state index in [2.05, 4.69) is 6.58 Å². The SMILES string of the molecule is C=C1CCCC(C)(C)C1(C)C(=O)O. The molecule has 13 heavy (non-hydrogen) atoms. The molecule has 1 aliphatic carbocycles. The molecule has 1 aliphatic rings. The summed E-state index contributed by atoms with van der Waals surface area (Å²) in [6, 6.07) is 0. The van der Waals surface area contributed by atoms with Gasteiger partial charge in [-0.2, -0.15) is 0 Å². The lowest BCUT2D eigenvalue weighted by molar-refractivity contribution is -0.153. The van der Waals surface area contributed by atoms with Crippen LogP contribution < -0.4 is 0 Å². The maximum atomic E-state index is 11.2. The largest absolute Gasteiger partial charge is 0.481 e. The molecule has 1 rings (SSSR count). The summed E-state index contributed by atoms with van der Waals surface area (Å²) in [6.45, 7) is 9.74. The first-order valence-electron chi connectivity index (χ1n) is 4.74. The van der Waals surface area contributed by atoms with Gasteiger partial charge in [-0.05, 0) is 31.6 Å². The van der Waals surface area contributed by atoms with Crippen molar-refractivity contribution >= 4 is 5.97 Å². The Morgan fingerprint density at radius 2 is 2.00 bits per heavy atom. The van der Waals surface area contributed by atoms with Crippen molar-refractivity contribution in [2.45, 2.75) is 40.0 Å². The molecule has 0 saturated heterocycles. The van der Waals surface area contributed by atoms with Crippen molar-refractivity contribution in [1.82, 2.24) is 0 Å². The summed E-state index contributed by atoms with van der Waals surface area (Å²) in [6.07, 6.45) is 2.88. The van der Waals surface area contributed by atoms with Crippen molar-refractivity contribution in [2.24, 2.45) is 10.8 Å². The quantitative estimate of drug-likeness (QED) is 0.633. The predicted molar refractivity (Wildman–Crippen MR) is 52.5 cm³/mol. The van der Waals surface area contributed by atoms with E-state index < -0.39 is 11.4 Å². The monoisotopic (exact) mass is 182 g/mol. The molecule has 1 N–H and O–H groups in total. The van der Waals surface area contributed by atoms with Gasteiger partial charge >= 0.3 is 5.97 Å². The average Bonchev–Trinajstić information content (AvgIpc) is 1.99. The standard InChI is InChI=1S/C11H18O2/c1-8-6-5-7-10(2,3)11(8,4)9(12)13/h1,5-7H2,2-4H3,(H,12,13). The first-order chi connectivity index (χ1) is 5.82. The third-order valence-corrected chi connectivity index (χ3v) is 3.77. The first kappa shape index (κ1) is 10.3. The second-order valence-corrected chi connectivity index (χ2v) is 4.77. The minimum Gasteiger partial charge on any atom is -0.481 e. The topological polar surface area (TPSA) is 37.3 Å². The molecule has 74 valence electrons. The summed E-state index contributed by atoms with van der Waals surface area (Å²) in [7, 11) is 0. The number of carboxylic acid groups (broad SMARTS) is 1. The number of hydrogen-bond donors (Lipinski definition) is 1. The van der Waals surface area contributed by atoms with Gasteiger partial charge in [0, 0.05) is 0 Å². The van der Waals surface area contributed by atoms with Gasteiger partial charge in [0.05, 0.1) is 5.41 Å². The fraction of sp³-hybridized carbons (Fsp3) is 0.727. The van der Waals surface area contributed by atoms with Crippen LogP contribution in [-0.2, 0) is 4.79 Å². The van der Waals surface area contributed by atoms with Crippen molar-refractivity contribution in [3.05, 3.63) is 12.2 Å². The Balaban J connectivity index is 3.13. The lowest BCUT2D eigenvalue weighted by Gasteiger charge is -2.46. The van der Waals surface area contributed by atoms with Crippen LogP contribution in [-0.4, -0.2) is 11.1 Å². The Labute approximate surface area is 79.6 Å². The van der Waals surface area contributed by atoms with E-state index in [1.807, 2.05) is 13.8 Å². The smallest absolute Gasteiger partial charge is 0.314 e. The number of carbonyl (C=O) groups is 1. The summed E-state index contributed by atoms with van der Waals surface area (Å²) >= 11 is 0. The van der Waals surface area contributed by atoms with Gasteiger partial charge in [0.15, 0.2) is 0 Å². The van der Waals surface area contributed by atoms with Gasteiger partial charge in [0.1, 0.15) is 0 Å². The highest BCUT2D eigenvalue weighted by Gasteiger charge is 2.50. The molecule has 0 heterocycles. The van der Waals surface area contributed by atoms with Gasteiger partial charge in [-0.15, -0.1) is 0 Å². The van der Waals surface area contributed by atoms with Crippen LogP contribution in [0.2, 0.25) is 0 Å². The fourth-order valence-electron chi connectivity index (χ4n) is 2.16. The van der Waals surface area contributed by atoms with E-state index >= 15 is 0 Å². The van der Waals surface area contributed by atoms with E-state index in [9.17, 15) is 9.90 Å². The average molecular weight is 182 g/mol. The van der Waals surface area contributed by atoms with E-state index in [1.165, 1.54) is 0 Å². The van der Waals surface area contributed by atoms with E-state index in [-0.39, 0.29) is 5.41 Å². The summed E-state index contributed by atoms with van der Waals surface area (Å²) in [4.78, 5) is 11.2. The van der Waals surface area contributed by atoms with Crippen molar-refractivity contribution in [2.75, 3.05) is 0 Å². The van der Waals surface area contributed by atoms with Crippen LogP contribution in [0.4, 0.5) is 0 Å². The molecule has 0 amide bonds. The van der Waals surface area contributed by atoms with Gasteiger partial charge in [-0.3, -0.25) is 4.79 Å². The van der Waals surface area contributed by atoms with Crippen molar-refractivity contribution in [3.63, 3.8) is 0 Å². The lowest BCUT2D eigenvalue weighted by Crippen LogP contribution is -2.45. The normalized spacial score (nSPS) is 33.0. The number of rotatable bonds is 1. The number of carboxylic acids is 1. The molecule has 1 saturated carbocycles. The Hall–Kier alpha value is -0.790. The van der Waals surface area contributed by atoms with Crippen LogP contribution in [0.5, 0.6) is 0 Å². The second-order valence-electron chi connectivity index (χ2n) is 4.77. The predicted octanol–water partition coefficient (Wildman–Crippen LogP) is 2.84. The molecule has 0 aromatic rings. The minimum atomic E-state index is -0.745. The molecule has 1 unspecified atom stereocenters. The van der Waals surface area contributed by atoms with Crippen LogP contribution in [0.3, 0.4) is 0 Å². The van der Waals surface area contributed by atoms with Crippen molar-refractivity contribution < 1.29 is 9.90 Å². The third kappa shape index (κ3) is 1.28. The third-order valence-electron chi connectivity index (χ3n) is 3.77. The van der Waals surface area contributed by atoms with Gasteiger partial charge < -0.3 is 5.11 Å². The Morgan fingerprint density at radius 1 is 1.46 bits per heavy atom. The van der Waals surface area contributed by atoms with Gasteiger partial charge in [-0.1, -0.05) is 26.0 Å². The number of aliphatic carboxylic acids is 1. The summed E-state index contributed by atoms with van der Waals surface area (Å²) < 4.78 is 0. The van der Waals surface area contributed by atoms with Crippen LogP contribution in [0.15, 0.2) is 12.2 Å². The van der Waals surface area contributed by atoms with Gasteiger partial charge in [-0.25, -0.2) is 0 Å². The summed E-state index contributed by atoms with van der Waals surface area (Å²) in [5.41, 5.74) is -0.0457. The first-order valence-corrected chi connectivity index (χ1v) is 4.74. The summed E-state index contributed by atoms with van der Waals surface area (Å²) in [5.74, 6) is -0.734. The van der Waals surface area contributed by atoms with Crippen molar-refractivity contribution in [1.29, 1.82) is 0 Å². The van der Waals surface area contributed by atoms with Crippen LogP contribution in [0, 0.1) is 10.8 Å². The molecule has 2 nitrogen and oxygen atoms in total. The van der Waals surface area contributed by atoms with Crippen LogP contribution in [0.1, 0.15) is 40.0 Å². The molecule has 0 spiro atoms. The Bertz CT molecular complexity index is 253. The maximum Gasteiger partial charge on any atom is 0.314 e. The van der Waals surface area contributed by atoms with Gasteiger partial charge in [0.25, 0.3) is 0 Å². The van der Waals surface area contributed by atoms with E-state index in [4.69, 9.17) is 0 Å². The van der Waals surface area contributed by atoms with Crippen LogP contribution >= 0.6 is 0 Å². The molecule has 0 bridgehead atoms. The molecule has 2 heteroatoms. The highest BCUT2D eigenvalue weighted by molar-refractivity contribution is 5.79.